The van der Waals surface area contributed by atoms with E-state index in [9.17, 15) is 4.79 Å². The first-order chi connectivity index (χ1) is 16.4. The Labute approximate surface area is 202 Å². The van der Waals surface area contributed by atoms with Gasteiger partial charge >= 0.3 is 6.03 Å². The van der Waals surface area contributed by atoms with E-state index in [1.165, 1.54) is 17.5 Å². The molecular formula is C28H34N4O2. The molecule has 34 heavy (non-hydrogen) atoms. The number of ether oxygens (including phenoxy) is 1. The van der Waals surface area contributed by atoms with Crippen LogP contribution in [0.25, 0.3) is 0 Å². The van der Waals surface area contributed by atoms with E-state index in [2.05, 4.69) is 41.8 Å². The van der Waals surface area contributed by atoms with Gasteiger partial charge in [-0.05, 0) is 111 Å². The Bertz CT molecular complexity index is 1110. The van der Waals surface area contributed by atoms with Gasteiger partial charge in [-0.1, -0.05) is 6.07 Å². The molecule has 0 radical (unpaired) electrons. The average Bonchev–Trinajstić information content (AvgIpc) is 2.80. The minimum absolute atomic E-state index is 0.255. The second-order valence-corrected chi connectivity index (χ2v) is 9.45. The van der Waals surface area contributed by atoms with Crippen LogP contribution in [0.15, 0.2) is 66.7 Å². The van der Waals surface area contributed by atoms with E-state index in [4.69, 9.17) is 4.74 Å². The summed E-state index contributed by atoms with van der Waals surface area (Å²) in [6, 6.07) is 21.3. The highest BCUT2D eigenvalue weighted by Crippen LogP contribution is 2.29. The molecule has 0 bridgehead atoms. The fourth-order valence-corrected chi connectivity index (χ4v) is 4.43. The van der Waals surface area contributed by atoms with Crippen LogP contribution in [0.2, 0.25) is 0 Å². The fraction of sp³-hybridized carbons (Fsp3) is 0.321. The molecule has 1 aliphatic carbocycles. The molecule has 2 amide bonds. The molecule has 6 nitrogen and oxygen atoms in total. The number of carbonyl (C=O) groups excluding carboxylic acids is 1. The summed E-state index contributed by atoms with van der Waals surface area (Å²) < 4.78 is 5.90. The van der Waals surface area contributed by atoms with Crippen molar-refractivity contribution in [3.63, 3.8) is 0 Å². The van der Waals surface area contributed by atoms with Crippen LogP contribution in [0, 0.1) is 5.92 Å². The second kappa shape index (κ2) is 10.6. The number of anilines is 3. The molecule has 1 aliphatic rings. The third-order valence-electron chi connectivity index (χ3n) is 6.12. The van der Waals surface area contributed by atoms with Gasteiger partial charge in [0.25, 0.3) is 0 Å². The number of hydrogen-bond donors (Lipinski definition) is 2. The Balaban J connectivity index is 1.30. The van der Waals surface area contributed by atoms with Crippen molar-refractivity contribution >= 4 is 23.1 Å². The minimum atomic E-state index is -0.255. The summed E-state index contributed by atoms with van der Waals surface area (Å²) in [4.78, 5) is 16.8. The van der Waals surface area contributed by atoms with Crippen molar-refractivity contribution in [1.29, 1.82) is 0 Å². The maximum Gasteiger partial charge on any atom is 0.323 e. The van der Waals surface area contributed by atoms with Crippen molar-refractivity contribution in [2.45, 2.75) is 19.3 Å². The molecule has 4 rings (SSSR count). The number of benzene rings is 3. The third-order valence-corrected chi connectivity index (χ3v) is 6.12. The largest absolute Gasteiger partial charge is 0.457 e. The lowest BCUT2D eigenvalue weighted by atomic mass is 9.83. The molecule has 2 N–H and O–H groups in total. The van der Waals surface area contributed by atoms with Gasteiger partial charge in [-0.2, -0.15) is 0 Å². The summed E-state index contributed by atoms with van der Waals surface area (Å²) in [6.45, 7) is 1.12. The van der Waals surface area contributed by atoms with Crippen molar-refractivity contribution in [2.24, 2.45) is 5.92 Å². The minimum Gasteiger partial charge on any atom is -0.457 e. The number of nitrogens with zero attached hydrogens (tertiary/aromatic N) is 2. The topological polar surface area (TPSA) is 56.8 Å². The highest BCUT2D eigenvalue weighted by Gasteiger charge is 2.19. The summed E-state index contributed by atoms with van der Waals surface area (Å²) in [5.74, 6) is 2.18. The zero-order valence-electron chi connectivity index (χ0n) is 20.5. The molecule has 3 aromatic rings. The highest BCUT2D eigenvalue weighted by molar-refractivity contribution is 5.99. The van der Waals surface area contributed by atoms with Gasteiger partial charge in [0.05, 0.1) is 0 Å². The quantitative estimate of drug-likeness (QED) is 0.466. The van der Waals surface area contributed by atoms with Crippen LogP contribution >= 0.6 is 0 Å². The molecule has 0 aromatic heterocycles. The number of rotatable bonds is 7. The maximum absolute atomic E-state index is 12.5. The van der Waals surface area contributed by atoms with E-state index < -0.39 is 0 Å². The van der Waals surface area contributed by atoms with Gasteiger partial charge in [-0.15, -0.1) is 0 Å². The van der Waals surface area contributed by atoms with Gasteiger partial charge in [0.15, 0.2) is 0 Å². The Morgan fingerprint density at radius 2 is 1.47 bits per heavy atom. The van der Waals surface area contributed by atoms with Crippen LogP contribution < -0.4 is 20.3 Å². The summed E-state index contributed by atoms with van der Waals surface area (Å²) in [6.07, 6.45) is 3.35. The van der Waals surface area contributed by atoms with Gasteiger partial charge in [-0.3, -0.25) is 0 Å². The molecule has 0 spiro atoms. The number of urea groups is 1. The van der Waals surface area contributed by atoms with Gasteiger partial charge in [0.2, 0.25) is 0 Å². The normalized spacial score (nSPS) is 14.9. The molecule has 0 heterocycles. The number of fused-ring (bicyclic) bond motifs is 1. The van der Waals surface area contributed by atoms with Crippen molar-refractivity contribution < 1.29 is 9.53 Å². The summed E-state index contributed by atoms with van der Waals surface area (Å²) in [7, 11) is 8.27. The van der Waals surface area contributed by atoms with Gasteiger partial charge in [0.1, 0.15) is 11.5 Å². The number of amides is 2. The van der Waals surface area contributed by atoms with Crippen molar-refractivity contribution in [3.8, 4) is 11.5 Å². The SMILES string of the molecule is CN(C)CC1CCc2cc(NC(=O)Nc3ccc(Oc4ccc(N(C)C)cc4)cc3)ccc2C1. The second-order valence-electron chi connectivity index (χ2n) is 9.45. The Kier molecular flexibility index (Phi) is 7.38. The number of aryl methyl sites for hydroxylation is 1. The lowest BCUT2D eigenvalue weighted by Gasteiger charge is -2.27. The first-order valence-corrected chi connectivity index (χ1v) is 11.8. The van der Waals surface area contributed by atoms with E-state index in [0.717, 1.165) is 36.5 Å². The molecule has 6 heteroatoms. The van der Waals surface area contributed by atoms with E-state index in [-0.39, 0.29) is 6.03 Å². The van der Waals surface area contributed by atoms with E-state index in [1.807, 2.05) is 73.6 Å². The zero-order chi connectivity index (χ0) is 24.1. The Hall–Kier alpha value is -3.51. The van der Waals surface area contributed by atoms with Crippen molar-refractivity contribution in [1.82, 2.24) is 4.90 Å². The Morgan fingerprint density at radius 1 is 0.853 bits per heavy atom. The number of carbonyl (C=O) groups is 1. The van der Waals surface area contributed by atoms with Crippen LogP contribution in [0.4, 0.5) is 21.9 Å². The van der Waals surface area contributed by atoms with Gasteiger partial charge in [-0.25, -0.2) is 4.79 Å². The standard InChI is InChI=1S/C28H34N4O2/c1-31(2)19-20-5-6-22-18-24(8-7-21(22)17-20)30-28(33)29-23-9-13-26(14-10-23)34-27-15-11-25(12-16-27)32(3)4/h7-16,18,20H,5-6,17,19H2,1-4H3,(H2,29,30,33). The van der Waals surface area contributed by atoms with Crippen LogP contribution in [0.1, 0.15) is 17.5 Å². The summed E-state index contributed by atoms with van der Waals surface area (Å²) >= 11 is 0. The average molecular weight is 459 g/mol. The molecule has 3 aromatic carbocycles. The summed E-state index contributed by atoms with van der Waals surface area (Å²) in [5, 5.41) is 5.85. The molecule has 0 fully saturated rings. The smallest absolute Gasteiger partial charge is 0.323 e. The number of hydrogen-bond acceptors (Lipinski definition) is 4. The molecule has 0 saturated heterocycles. The molecule has 0 aliphatic heterocycles. The van der Waals surface area contributed by atoms with Crippen molar-refractivity contribution in [3.05, 3.63) is 77.9 Å². The fourth-order valence-electron chi connectivity index (χ4n) is 4.43. The highest BCUT2D eigenvalue weighted by atomic mass is 16.5. The van der Waals surface area contributed by atoms with E-state index in [1.54, 1.807) is 0 Å². The predicted molar refractivity (Wildman–Crippen MR) is 140 cm³/mol. The van der Waals surface area contributed by atoms with Crippen LogP contribution in [-0.4, -0.2) is 45.7 Å². The van der Waals surface area contributed by atoms with Gasteiger partial charge in [0, 0.05) is 37.7 Å². The predicted octanol–water partition coefficient (Wildman–Crippen LogP) is 5.86. The molecule has 1 unspecified atom stereocenters. The van der Waals surface area contributed by atoms with Crippen LogP contribution in [-0.2, 0) is 12.8 Å². The molecule has 0 saturated carbocycles. The zero-order valence-corrected chi connectivity index (χ0v) is 20.5. The first-order valence-electron chi connectivity index (χ1n) is 11.8. The number of nitrogens with one attached hydrogen (secondary N) is 2. The lowest BCUT2D eigenvalue weighted by Crippen LogP contribution is -2.26. The Morgan fingerprint density at radius 3 is 2.12 bits per heavy atom. The van der Waals surface area contributed by atoms with E-state index in [0.29, 0.717) is 17.4 Å². The molecule has 178 valence electrons. The monoisotopic (exact) mass is 458 g/mol. The first kappa shape index (κ1) is 23.6. The van der Waals surface area contributed by atoms with Crippen LogP contribution in [0.5, 0.6) is 11.5 Å². The maximum atomic E-state index is 12.5. The molecular weight excluding hydrogens is 424 g/mol. The van der Waals surface area contributed by atoms with Gasteiger partial charge < -0.3 is 25.2 Å². The molecule has 1 atom stereocenters. The third kappa shape index (κ3) is 6.29. The lowest BCUT2D eigenvalue weighted by molar-refractivity contribution is 0.262. The van der Waals surface area contributed by atoms with Crippen LogP contribution in [0.3, 0.4) is 0 Å². The summed E-state index contributed by atoms with van der Waals surface area (Å²) in [5.41, 5.74) is 5.38. The van der Waals surface area contributed by atoms with E-state index >= 15 is 0 Å². The van der Waals surface area contributed by atoms with Crippen molar-refractivity contribution in [2.75, 3.05) is 50.3 Å².